The number of rotatable bonds is 9. The van der Waals surface area contributed by atoms with Crippen LogP contribution in [-0.2, 0) is 9.05 Å². The van der Waals surface area contributed by atoms with Crippen LogP contribution in [0.1, 0.15) is 41.0 Å². The molecule has 0 N–H and O–H groups in total. The molecule has 0 aliphatic carbocycles. The second kappa shape index (κ2) is 9.12. The lowest BCUT2D eigenvalue weighted by atomic mass is 10.3. The normalized spacial score (nSPS) is 13.8. The zero-order valence-corrected chi connectivity index (χ0v) is 12.2. The molecule has 4 heteroatoms. The van der Waals surface area contributed by atoms with Gasteiger partial charge in [0, 0.05) is 12.1 Å². The molecule has 0 heterocycles. The molecule has 0 aliphatic rings. The molecule has 0 aromatic heterocycles. The molecule has 0 radical (unpaired) electrons. The fraction of sp³-hybridized carbons (Fsp3) is 0.833. The molecule has 1 unspecified atom stereocenters. The van der Waals surface area contributed by atoms with Crippen molar-refractivity contribution in [2.24, 2.45) is 0 Å². The molecular weight excluding hydrogens is 221 g/mol. The number of hydrogen-bond acceptors (Lipinski definition) is 3. The highest BCUT2D eigenvalue weighted by Crippen LogP contribution is 2.45. The summed E-state index contributed by atoms with van der Waals surface area (Å²) in [5.41, 5.74) is 0. The first-order chi connectivity index (χ1) is 7.54. The van der Waals surface area contributed by atoms with E-state index in [4.69, 9.17) is 9.05 Å². The molecule has 0 aromatic rings. The molecule has 0 spiro atoms. The summed E-state index contributed by atoms with van der Waals surface area (Å²) >= 11 is 0. The van der Waals surface area contributed by atoms with Gasteiger partial charge in [-0.1, -0.05) is 13.0 Å². The molecule has 0 rings (SSSR count). The highest BCUT2D eigenvalue weighted by Gasteiger charge is 2.26. The van der Waals surface area contributed by atoms with Crippen LogP contribution >= 0.6 is 8.53 Å². The molecule has 0 amide bonds. The first-order valence-corrected chi connectivity index (χ1v) is 7.12. The van der Waals surface area contributed by atoms with Gasteiger partial charge < -0.3 is 9.05 Å². The van der Waals surface area contributed by atoms with Gasteiger partial charge in [-0.25, -0.2) is 4.67 Å². The van der Waals surface area contributed by atoms with Crippen LogP contribution < -0.4 is 0 Å². The van der Waals surface area contributed by atoms with E-state index in [0.717, 1.165) is 13.0 Å². The number of nitrogens with zero attached hydrogens (tertiary/aromatic N) is 1. The van der Waals surface area contributed by atoms with E-state index in [9.17, 15) is 0 Å². The zero-order valence-electron chi connectivity index (χ0n) is 11.3. The van der Waals surface area contributed by atoms with Crippen LogP contribution in [0.5, 0.6) is 0 Å². The topological polar surface area (TPSA) is 21.7 Å². The summed E-state index contributed by atoms with van der Waals surface area (Å²) in [6, 6.07) is 0.848. The molecule has 96 valence electrons. The third kappa shape index (κ3) is 5.95. The summed E-state index contributed by atoms with van der Waals surface area (Å²) in [5, 5.41) is 0. The van der Waals surface area contributed by atoms with Gasteiger partial charge in [0.2, 0.25) is 0 Å². The zero-order chi connectivity index (χ0) is 12.6. The quantitative estimate of drug-likeness (QED) is 0.454. The summed E-state index contributed by atoms with van der Waals surface area (Å²) in [4.78, 5) is 0. The van der Waals surface area contributed by atoms with Crippen LogP contribution in [-0.4, -0.2) is 30.0 Å². The molecule has 0 saturated carbocycles. The SMILES string of the molecule is C=CCOP(OCCC)N(C(C)C)C(C)C. The molecule has 1 atom stereocenters. The second-order valence-electron chi connectivity index (χ2n) is 4.22. The highest BCUT2D eigenvalue weighted by atomic mass is 31.2. The van der Waals surface area contributed by atoms with Gasteiger partial charge in [-0.3, -0.25) is 0 Å². The molecule has 0 bridgehead atoms. The largest absolute Gasteiger partial charge is 0.322 e. The van der Waals surface area contributed by atoms with Crippen LogP contribution in [0.15, 0.2) is 12.7 Å². The van der Waals surface area contributed by atoms with E-state index in [0.29, 0.717) is 18.7 Å². The summed E-state index contributed by atoms with van der Waals surface area (Å²) < 4.78 is 13.8. The predicted octanol–water partition coefficient (Wildman–Crippen LogP) is 3.96. The van der Waals surface area contributed by atoms with Crippen molar-refractivity contribution >= 4 is 8.53 Å². The smallest absolute Gasteiger partial charge is 0.259 e. The van der Waals surface area contributed by atoms with Crippen molar-refractivity contribution in [3.63, 3.8) is 0 Å². The molecule has 0 fully saturated rings. The number of hydrogen-bond donors (Lipinski definition) is 0. The Morgan fingerprint density at radius 1 is 1.19 bits per heavy atom. The Kier molecular flexibility index (Phi) is 9.15. The van der Waals surface area contributed by atoms with E-state index in [1.165, 1.54) is 0 Å². The van der Waals surface area contributed by atoms with Gasteiger partial charge in [-0.05, 0) is 34.1 Å². The van der Waals surface area contributed by atoms with Crippen molar-refractivity contribution in [3.8, 4) is 0 Å². The average molecular weight is 247 g/mol. The molecular formula is C12H26NO2P. The molecule has 3 nitrogen and oxygen atoms in total. The Bertz CT molecular complexity index is 178. The highest BCUT2D eigenvalue weighted by molar-refractivity contribution is 7.44. The Morgan fingerprint density at radius 3 is 2.12 bits per heavy atom. The van der Waals surface area contributed by atoms with E-state index in [2.05, 4.69) is 45.9 Å². The van der Waals surface area contributed by atoms with Gasteiger partial charge in [0.15, 0.2) is 0 Å². The van der Waals surface area contributed by atoms with Crippen LogP contribution in [0.4, 0.5) is 0 Å². The third-order valence-corrected chi connectivity index (χ3v) is 4.03. The lowest BCUT2D eigenvalue weighted by Gasteiger charge is -2.35. The average Bonchev–Trinajstić information content (AvgIpc) is 2.20. The van der Waals surface area contributed by atoms with Crippen molar-refractivity contribution in [1.82, 2.24) is 4.67 Å². The first-order valence-electron chi connectivity index (χ1n) is 5.99. The van der Waals surface area contributed by atoms with Crippen molar-refractivity contribution in [2.45, 2.75) is 53.1 Å². The molecule has 0 saturated heterocycles. The van der Waals surface area contributed by atoms with Gasteiger partial charge in [0.05, 0.1) is 13.2 Å². The predicted molar refractivity (Wildman–Crippen MR) is 71.4 cm³/mol. The minimum atomic E-state index is -0.953. The van der Waals surface area contributed by atoms with Gasteiger partial charge in [-0.15, -0.1) is 6.58 Å². The minimum Gasteiger partial charge on any atom is -0.322 e. The van der Waals surface area contributed by atoms with E-state index in [-0.39, 0.29) is 0 Å². The second-order valence-corrected chi connectivity index (χ2v) is 5.68. The Hall–Kier alpha value is 0.0500. The Labute approximate surface area is 102 Å². The van der Waals surface area contributed by atoms with Crippen LogP contribution in [0.3, 0.4) is 0 Å². The first kappa shape index (κ1) is 16.1. The van der Waals surface area contributed by atoms with E-state index >= 15 is 0 Å². The van der Waals surface area contributed by atoms with Crippen molar-refractivity contribution in [3.05, 3.63) is 12.7 Å². The molecule has 16 heavy (non-hydrogen) atoms. The van der Waals surface area contributed by atoms with Crippen LogP contribution in [0.25, 0.3) is 0 Å². The summed E-state index contributed by atoms with van der Waals surface area (Å²) in [6.45, 7) is 15.8. The van der Waals surface area contributed by atoms with Crippen molar-refractivity contribution in [1.29, 1.82) is 0 Å². The van der Waals surface area contributed by atoms with Gasteiger partial charge in [0.25, 0.3) is 8.53 Å². The summed E-state index contributed by atoms with van der Waals surface area (Å²) in [5.74, 6) is 0. The lowest BCUT2D eigenvalue weighted by Crippen LogP contribution is -2.33. The fourth-order valence-electron chi connectivity index (χ4n) is 1.43. The summed E-state index contributed by atoms with van der Waals surface area (Å²) in [7, 11) is -0.953. The van der Waals surface area contributed by atoms with Crippen LogP contribution in [0.2, 0.25) is 0 Å². The lowest BCUT2D eigenvalue weighted by molar-refractivity contribution is 0.184. The van der Waals surface area contributed by atoms with Gasteiger partial charge in [-0.2, -0.15) is 0 Å². The molecule has 0 aliphatic heterocycles. The Morgan fingerprint density at radius 2 is 1.75 bits per heavy atom. The molecule has 0 aromatic carbocycles. The monoisotopic (exact) mass is 247 g/mol. The minimum absolute atomic E-state index is 0.424. The Balaban J connectivity index is 4.46. The van der Waals surface area contributed by atoms with E-state index in [1.54, 1.807) is 6.08 Å². The maximum absolute atomic E-state index is 5.80. The maximum atomic E-state index is 5.80. The maximum Gasteiger partial charge on any atom is 0.259 e. The van der Waals surface area contributed by atoms with E-state index < -0.39 is 8.53 Å². The fourth-order valence-corrected chi connectivity index (χ4v) is 3.10. The van der Waals surface area contributed by atoms with E-state index in [1.807, 2.05) is 0 Å². The standard InChI is InChI=1S/C12H26NO2P/c1-7-9-14-16(15-10-8-2)13(11(3)4)12(5)6/h7,11-12H,1,8-10H2,2-6H3. The third-order valence-electron chi connectivity index (χ3n) is 1.96. The van der Waals surface area contributed by atoms with Gasteiger partial charge >= 0.3 is 0 Å². The van der Waals surface area contributed by atoms with Crippen molar-refractivity contribution in [2.75, 3.05) is 13.2 Å². The summed E-state index contributed by atoms with van der Waals surface area (Å²) in [6.07, 6.45) is 2.78. The van der Waals surface area contributed by atoms with Crippen molar-refractivity contribution < 1.29 is 9.05 Å². The van der Waals surface area contributed by atoms with Crippen LogP contribution in [0, 0.1) is 0 Å². The van der Waals surface area contributed by atoms with Gasteiger partial charge in [0.1, 0.15) is 0 Å².